The molecule has 0 unspecified atom stereocenters. The van der Waals surface area contributed by atoms with Gasteiger partial charge in [-0.05, 0) is 37.4 Å². The van der Waals surface area contributed by atoms with Crippen LogP contribution in [0, 0.1) is 0 Å². The number of fused-ring (bicyclic) bond motifs is 1. The van der Waals surface area contributed by atoms with Crippen LogP contribution in [-0.4, -0.2) is 84.0 Å². The number of aromatic nitrogens is 4. The predicted molar refractivity (Wildman–Crippen MR) is 156 cm³/mol. The number of nitrogens with zero attached hydrogens (tertiary/aromatic N) is 3. The average Bonchev–Trinajstić information content (AvgIpc) is 3.73. The van der Waals surface area contributed by atoms with Crippen LogP contribution in [0.3, 0.4) is 0 Å². The number of pyridine rings is 1. The highest BCUT2D eigenvalue weighted by Gasteiger charge is 2.29. The summed E-state index contributed by atoms with van der Waals surface area (Å²) in [5, 5.41) is 36.8. The molecule has 6 N–H and O–H groups in total. The van der Waals surface area contributed by atoms with Crippen LogP contribution in [0.15, 0.2) is 52.1 Å². The normalized spacial score (nSPS) is 13.0. The minimum atomic E-state index is -2.27. The van der Waals surface area contributed by atoms with E-state index in [2.05, 4.69) is 20.3 Å². The molecule has 0 amide bonds. The zero-order valence-electron chi connectivity index (χ0n) is 24.4. The Kier molecular flexibility index (Phi) is 11.9. The zero-order valence-corrected chi connectivity index (χ0v) is 24.4. The number of carbonyl (C=O) groups excluding carboxylic acids is 1. The Morgan fingerprint density at radius 2 is 1.77 bits per heavy atom. The molecule has 4 rings (SSSR count). The van der Waals surface area contributed by atoms with Gasteiger partial charge in [0.05, 0.1) is 36.8 Å². The largest absolute Gasteiger partial charge is 0.496 e. The maximum absolute atomic E-state index is 12.0. The van der Waals surface area contributed by atoms with E-state index in [0.717, 1.165) is 53.7 Å². The fourth-order valence-corrected chi connectivity index (χ4v) is 4.40. The minimum absolute atomic E-state index is 0.0588. The number of aliphatic hydroxyl groups is 2. The van der Waals surface area contributed by atoms with Crippen LogP contribution < -0.4 is 15.6 Å². The van der Waals surface area contributed by atoms with E-state index in [0.29, 0.717) is 12.2 Å². The first kappa shape index (κ1) is 33.6. The molecule has 0 aliphatic rings. The molecule has 3 aromatic heterocycles. The maximum atomic E-state index is 12.0. The van der Waals surface area contributed by atoms with Gasteiger partial charge in [-0.25, -0.2) is 19.6 Å². The molecule has 236 valence electrons. The summed E-state index contributed by atoms with van der Waals surface area (Å²) in [5.74, 6) is -1.90. The van der Waals surface area contributed by atoms with E-state index in [1.165, 1.54) is 12.5 Å². The van der Waals surface area contributed by atoms with E-state index < -0.39 is 24.1 Å². The van der Waals surface area contributed by atoms with Crippen LogP contribution in [0.1, 0.15) is 54.7 Å². The van der Waals surface area contributed by atoms with Crippen LogP contribution in [0.25, 0.3) is 22.2 Å². The predicted octanol–water partition coefficient (Wildman–Crippen LogP) is 1.90. The summed E-state index contributed by atoms with van der Waals surface area (Å²) in [6, 6.07) is 7.32. The average molecular weight is 614 g/mol. The zero-order chi connectivity index (χ0) is 32.4. The molecule has 44 heavy (non-hydrogen) atoms. The maximum Gasteiger partial charge on any atom is 0.335 e. The number of H-pyrrole nitrogens is 1. The third-order valence-corrected chi connectivity index (χ3v) is 6.88. The number of methoxy groups -OCH3 is 1. The van der Waals surface area contributed by atoms with Crippen molar-refractivity contribution in [3.63, 3.8) is 0 Å². The highest BCUT2D eigenvalue weighted by molar-refractivity contribution is 5.91. The van der Waals surface area contributed by atoms with Crippen molar-refractivity contribution in [3.05, 3.63) is 65.0 Å². The summed E-state index contributed by atoms with van der Waals surface area (Å²) >= 11 is 0. The minimum Gasteiger partial charge on any atom is -0.496 e. The molecule has 4 aromatic rings. The number of aliphatic hydroxyl groups excluding tert-OH is 2. The van der Waals surface area contributed by atoms with Gasteiger partial charge in [-0.1, -0.05) is 12.8 Å². The second-order valence-electron chi connectivity index (χ2n) is 9.79. The monoisotopic (exact) mass is 613 g/mol. The number of oxazole rings is 1. The second kappa shape index (κ2) is 15.6. The van der Waals surface area contributed by atoms with Crippen LogP contribution >= 0.6 is 0 Å². The van der Waals surface area contributed by atoms with E-state index in [4.69, 9.17) is 29.6 Å². The van der Waals surface area contributed by atoms with Gasteiger partial charge in [0.25, 0.3) is 11.4 Å². The number of nitrogens with one attached hydrogen (secondary N) is 2. The Morgan fingerprint density at radius 3 is 2.36 bits per heavy atom. The molecule has 0 aliphatic heterocycles. The Bertz CT molecular complexity index is 1610. The van der Waals surface area contributed by atoms with Crippen LogP contribution in [-0.2, 0) is 16.6 Å². The number of carbonyl (C=O) groups is 3. The molecule has 3 heterocycles. The summed E-state index contributed by atoms with van der Waals surface area (Å²) in [6.45, 7) is 0. The molecule has 15 nitrogen and oxygen atoms in total. The SMILES string of the molecule is CN[C@@H](CCCCCC(=O)c1ncco1)c1ncc(-c2cc3ccc(=O)n(C)c3cc2OC)[nH]1.O=C(O)[C@H](O)[C@@H](O)C(=O)O. The molecule has 0 aliphatic carbocycles. The molecular weight excluding hydrogens is 578 g/mol. The number of Topliss-reactive ketones (excluding diaryl/α,β-unsaturated/α-hetero) is 1. The summed E-state index contributed by atoms with van der Waals surface area (Å²) in [6.07, 6.45) is 4.16. The molecule has 0 bridgehead atoms. The molecule has 0 spiro atoms. The number of carboxylic acid groups (broad SMARTS) is 2. The van der Waals surface area contributed by atoms with E-state index in [-0.39, 0.29) is 23.3 Å². The van der Waals surface area contributed by atoms with E-state index in [1.807, 2.05) is 25.2 Å². The fraction of sp³-hybridized carbons (Fsp3) is 0.379. The van der Waals surface area contributed by atoms with Crippen molar-refractivity contribution in [1.82, 2.24) is 24.8 Å². The third-order valence-electron chi connectivity index (χ3n) is 6.88. The first-order chi connectivity index (χ1) is 21.0. The first-order valence-corrected chi connectivity index (χ1v) is 13.6. The van der Waals surface area contributed by atoms with Crippen LogP contribution in [0.2, 0.25) is 0 Å². The molecule has 3 atom stereocenters. The number of ketones is 1. The fourth-order valence-electron chi connectivity index (χ4n) is 4.40. The smallest absolute Gasteiger partial charge is 0.335 e. The Balaban J connectivity index is 0.000000456. The van der Waals surface area contributed by atoms with Gasteiger partial charge in [0, 0.05) is 31.2 Å². The summed E-state index contributed by atoms with van der Waals surface area (Å²) in [5.41, 5.74) is 2.47. The number of aliphatic carboxylic acids is 2. The summed E-state index contributed by atoms with van der Waals surface area (Å²) in [7, 11) is 5.28. The van der Waals surface area contributed by atoms with Gasteiger partial charge in [0.15, 0.2) is 12.2 Å². The number of hydrogen-bond acceptors (Lipinski definition) is 11. The van der Waals surface area contributed by atoms with Gasteiger partial charge >= 0.3 is 11.9 Å². The van der Waals surface area contributed by atoms with Crippen molar-refractivity contribution >= 4 is 28.6 Å². The van der Waals surface area contributed by atoms with E-state index >= 15 is 0 Å². The van der Waals surface area contributed by atoms with Gasteiger partial charge < -0.3 is 44.4 Å². The molecule has 0 saturated carbocycles. The molecule has 0 fully saturated rings. The highest BCUT2D eigenvalue weighted by atomic mass is 16.5. The number of unbranched alkanes of at least 4 members (excludes halogenated alkanes) is 2. The Hall–Kier alpha value is -4.86. The van der Waals surface area contributed by atoms with Gasteiger partial charge in [-0.3, -0.25) is 9.59 Å². The van der Waals surface area contributed by atoms with Gasteiger partial charge in [0.1, 0.15) is 17.8 Å². The first-order valence-electron chi connectivity index (χ1n) is 13.6. The van der Waals surface area contributed by atoms with Crippen LogP contribution in [0.4, 0.5) is 0 Å². The van der Waals surface area contributed by atoms with Gasteiger partial charge in [0.2, 0.25) is 5.78 Å². The Morgan fingerprint density at radius 1 is 1.07 bits per heavy atom. The number of hydrogen-bond donors (Lipinski definition) is 6. The second-order valence-corrected chi connectivity index (χ2v) is 9.79. The number of rotatable bonds is 14. The van der Waals surface area contributed by atoms with E-state index in [9.17, 15) is 19.2 Å². The quantitative estimate of drug-likeness (QED) is 0.0882. The topological polar surface area (TPSA) is 230 Å². The lowest BCUT2D eigenvalue weighted by atomic mass is 10.1. The summed E-state index contributed by atoms with van der Waals surface area (Å²) in [4.78, 5) is 55.4. The van der Waals surface area contributed by atoms with Crippen molar-refractivity contribution in [2.24, 2.45) is 7.05 Å². The third kappa shape index (κ3) is 8.37. The number of ether oxygens (including phenoxy) is 1. The van der Waals surface area contributed by atoms with Crippen molar-refractivity contribution in [1.29, 1.82) is 0 Å². The number of imidazole rings is 1. The summed E-state index contributed by atoms with van der Waals surface area (Å²) < 4.78 is 12.3. The lowest BCUT2D eigenvalue weighted by Crippen LogP contribution is -2.39. The van der Waals surface area contributed by atoms with Crippen molar-refractivity contribution in [2.75, 3.05) is 14.2 Å². The lowest BCUT2D eigenvalue weighted by molar-refractivity contribution is -0.165. The Labute approximate surface area is 251 Å². The van der Waals surface area contributed by atoms with Crippen molar-refractivity contribution < 1.29 is 44.0 Å². The molecular formula is C29H35N5O10. The number of benzene rings is 1. The van der Waals surface area contributed by atoms with Crippen molar-refractivity contribution in [2.45, 2.75) is 50.4 Å². The number of carboxylic acids is 2. The number of aryl methyl sites for hydroxylation is 1. The standard InChI is InChI=1S/C25H29N5O4.C4H6O6/c1-26-18(7-5-4-6-8-21(31)25-27-11-12-34-25)24-28-15-19(29-24)17-13-16-9-10-23(32)30(2)20(16)14-22(17)33-3;5-1(3(7)8)2(6)4(9)10/h9-15,18,26H,4-8H2,1-3H3,(H,28,29);1-2,5-6H,(H,7,8)(H,9,10)/t18-;1-,2-/m01/s1. The van der Waals surface area contributed by atoms with E-state index in [1.54, 1.807) is 31.0 Å². The van der Waals surface area contributed by atoms with Crippen molar-refractivity contribution in [3.8, 4) is 17.0 Å². The van der Waals surface area contributed by atoms with Gasteiger partial charge in [-0.15, -0.1) is 0 Å². The highest BCUT2D eigenvalue weighted by Crippen LogP contribution is 2.33. The molecule has 1 aromatic carbocycles. The lowest BCUT2D eigenvalue weighted by Gasteiger charge is -2.14. The van der Waals surface area contributed by atoms with Gasteiger partial charge in [-0.2, -0.15) is 0 Å². The number of aromatic amines is 1. The molecule has 15 heteroatoms. The van der Waals surface area contributed by atoms with Crippen LogP contribution in [0.5, 0.6) is 5.75 Å². The molecule has 0 radical (unpaired) electrons. The molecule has 0 saturated heterocycles.